The van der Waals surface area contributed by atoms with Crippen LogP contribution in [0, 0.1) is 6.92 Å². The molecule has 0 aliphatic heterocycles. The molecule has 0 aromatic heterocycles. The fourth-order valence-corrected chi connectivity index (χ4v) is 1.05. The summed E-state index contributed by atoms with van der Waals surface area (Å²) in [5.41, 5.74) is 0.705. The second-order valence-corrected chi connectivity index (χ2v) is 2.69. The molecular weight excluding hydrogens is 164 g/mol. The number of ether oxygens (including phenoxy) is 1. The summed E-state index contributed by atoms with van der Waals surface area (Å²) in [6.45, 7) is 1.77. The van der Waals surface area contributed by atoms with Crippen molar-refractivity contribution in [2.75, 3.05) is 7.11 Å². The van der Waals surface area contributed by atoms with E-state index < -0.39 is 0 Å². The number of aromatic hydroxyl groups is 1. The Labute approximate surface area is 70.4 Å². The lowest BCUT2D eigenvalue weighted by Gasteiger charge is -2.05. The first-order valence-corrected chi connectivity index (χ1v) is 3.56. The molecule has 0 aliphatic rings. The Bertz CT molecular complexity index is 271. The molecule has 0 atom stereocenters. The van der Waals surface area contributed by atoms with Gasteiger partial charge in [0.05, 0.1) is 7.11 Å². The second-order valence-electron chi connectivity index (χ2n) is 2.25. The second kappa shape index (κ2) is 3.01. The lowest BCUT2D eigenvalue weighted by molar-refractivity contribution is 0.403. The van der Waals surface area contributed by atoms with Gasteiger partial charge in [-0.25, -0.2) is 0 Å². The Morgan fingerprint density at radius 2 is 2.09 bits per heavy atom. The highest BCUT2D eigenvalue weighted by Crippen LogP contribution is 2.30. The van der Waals surface area contributed by atoms with Crippen LogP contribution >= 0.6 is 11.6 Å². The molecule has 60 valence electrons. The van der Waals surface area contributed by atoms with E-state index in [9.17, 15) is 5.11 Å². The Morgan fingerprint density at radius 1 is 1.45 bits per heavy atom. The lowest BCUT2D eigenvalue weighted by atomic mass is 10.2. The predicted molar refractivity (Wildman–Crippen MR) is 44.4 cm³/mol. The third kappa shape index (κ3) is 1.57. The van der Waals surface area contributed by atoms with Gasteiger partial charge in [-0.3, -0.25) is 0 Å². The van der Waals surface area contributed by atoms with Crippen LogP contribution in [0.1, 0.15) is 5.56 Å². The summed E-state index contributed by atoms with van der Waals surface area (Å²) in [5, 5.41) is 9.72. The van der Waals surface area contributed by atoms with Crippen molar-refractivity contribution in [3.05, 3.63) is 22.7 Å². The number of methoxy groups -OCH3 is 1. The van der Waals surface area contributed by atoms with Gasteiger partial charge < -0.3 is 9.84 Å². The van der Waals surface area contributed by atoms with Crippen molar-refractivity contribution in [2.24, 2.45) is 0 Å². The van der Waals surface area contributed by atoms with Gasteiger partial charge in [0.25, 0.3) is 0 Å². The van der Waals surface area contributed by atoms with E-state index in [1.165, 1.54) is 13.2 Å². The summed E-state index contributed by atoms with van der Waals surface area (Å²) in [6, 6.07) is 3.15. The van der Waals surface area contributed by atoms with Crippen LogP contribution in [0.2, 0.25) is 5.02 Å². The van der Waals surface area contributed by atoms with Gasteiger partial charge in [-0.2, -0.15) is 0 Å². The largest absolute Gasteiger partial charge is 0.507 e. The van der Waals surface area contributed by atoms with Crippen molar-refractivity contribution in [2.45, 2.75) is 6.92 Å². The van der Waals surface area contributed by atoms with Crippen molar-refractivity contribution in [3.8, 4) is 11.5 Å². The molecule has 0 aliphatic carbocycles. The minimum Gasteiger partial charge on any atom is -0.507 e. The van der Waals surface area contributed by atoms with Gasteiger partial charge in [0, 0.05) is 10.6 Å². The highest BCUT2D eigenvalue weighted by molar-refractivity contribution is 6.30. The van der Waals surface area contributed by atoms with Crippen molar-refractivity contribution in [1.29, 1.82) is 0 Å². The van der Waals surface area contributed by atoms with Gasteiger partial charge in [-0.15, -0.1) is 0 Å². The first kappa shape index (κ1) is 8.21. The van der Waals surface area contributed by atoms with Crippen molar-refractivity contribution in [1.82, 2.24) is 0 Å². The predicted octanol–water partition coefficient (Wildman–Crippen LogP) is 2.36. The minimum atomic E-state index is 0.161. The molecule has 1 aromatic rings. The minimum absolute atomic E-state index is 0.161. The number of rotatable bonds is 1. The quantitative estimate of drug-likeness (QED) is 0.705. The summed E-state index contributed by atoms with van der Waals surface area (Å²) >= 11 is 5.66. The topological polar surface area (TPSA) is 29.5 Å². The summed E-state index contributed by atoms with van der Waals surface area (Å²) in [4.78, 5) is 0. The van der Waals surface area contributed by atoms with E-state index >= 15 is 0 Å². The van der Waals surface area contributed by atoms with Crippen LogP contribution in [0.15, 0.2) is 12.1 Å². The SMILES string of the molecule is COc1cc(Cl)cc(O)c1C. The van der Waals surface area contributed by atoms with Crippen LogP contribution < -0.4 is 4.74 Å². The molecule has 1 aromatic carbocycles. The van der Waals surface area contributed by atoms with Crippen LogP contribution in [-0.4, -0.2) is 12.2 Å². The Morgan fingerprint density at radius 3 is 2.64 bits per heavy atom. The molecule has 1 N–H and O–H groups in total. The zero-order valence-electron chi connectivity index (χ0n) is 6.39. The number of hydrogen-bond donors (Lipinski definition) is 1. The van der Waals surface area contributed by atoms with E-state index in [1.54, 1.807) is 13.0 Å². The fraction of sp³-hybridized carbons (Fsp3) is 0.250. The van der Waals surface area contributed by atoms with Gasteiger partial charge in [0.2, 0.25) is 0 Å². The number of hydrogen-bond acceptors (Lipinski definition) is 2. The van der Waals surface area contributed by atoms with Crippen LogP contribution in [-0.2, 0) is 0 Å². The molecule has 3 heteroatoms. The molecule has 0 unspecified atom stereocenters. The molecule has 0 fully saturated rings. The Kier molecular flexibility index (Phi) is 2.25. The van der Waals surface area contributed by atoms with Crippen LogP contribution in [0.3, 0.4) is 0 Å². The molecule has 2 nitrogen and oxygen atoms in total. The Balaban J connectivity index is 3.24. The van der Waals surface area contributed by atoms with E-state index in [-0.39, 0.29) is 5.75 Å². The maximum absolute atomic E-state index is 9.25. The highest BCUT2D eigenvalue weighted by Gasteiger charge is 2.04. The average Bonchev–Trinajstić information content (AvgIpc) is 1.96. The molecule has 1 rings (SSSR count). The summed E-state index contributed by atoms with van der Waals surface area (Å²) in [6.07, 6.45) is 0. The molecule has 0 bridgehead atoms. The van der Waals surface area contributed by atoms with Gasteiger partial charge >= 0.3 is 0 Å². The first-order chi connectivity index (χ1) is 5.15. The summed E-state index contributed by atoms with van der Waals surface area (Å²) in [5.74, 6) is 0.768. The smallest absolute Gasteiger partial charge is 0.126 e. The standard InChI is InChI=1S/C8H9ClO2/c1-5-7(10)3-6(9)4-8(5)11-2/h3-4,10H,1-2H3. The number of phenols is 1. The number of halogens is 1. The van der Waals surface area contributed by atoms with Crippen LogP contribution in [0.4, 0.5) is 0 Å². The van der Waals surface area contributed by atoms with Crippen molar-refractivity contribution < 1.29 is 9.84 Å². The zero-order valence-corrected chi connectivity index (χ0v) is 7.14. The summed E-state index contributed by atoms with van der Waals surface area (Å²) < 4.78 is 4.96. The molecule has 0 amide bonds. The fourth-order valence-electron chi connectivity index (χ4n) is 0.852. The molecule has 0 radical (unpaired) electrons. The van der Waals surface area contributed by atoms with E-state index in [4.69, 9.17) is 16.3 Å². The summed E-state index contributed by atoms with van der Waals surface area (Å²) in [7, 11) is 1.54. The maximum atomic E-state index is 9.25. The van der Waals surface area contributed by atoms with Gasteiger partial charge in [0.15, 0.2) is 0 Å². The zero-order chi connectivity index (χ0) is 8.43. The van der Waals surface area contributed by atoms with E-state index in [2.05, 4.69) is 0 Å². The van der Waals surface area contributed by atoms with Crippen LogP contribution in [0.25, 0.3) is 0 Å². The molecular formula is C8H9ClO2. The first-order valence-electron chi connectivity index (χ1n) is 3.18. The third-order valence-corrected chi connectivity index (χ3v) is 1.74. The molecule has 0 heterocycles. The maximum Gasteiger partial charge on any atom is 0.126 e. The molecule has 0 saturated heterocycles. The lowest BCUT2D eigenvalue weighted by Crippen LogP contribution is -1.86. The molecule has 0 saturated carbocycles. The normalized spacial score (nSPS) is 9.73. The monoisotopic (exact) mass is 172 g/mol. The third-order valence-electron chi connectivity index (χ3n) is 1.52. The molecule has 0 spiro atoms. The van der Waals surface area contributed by atoms with E-state index in [0.29, 0.717) is 16.3 Å². The van der Waals surface area contributed by atoms with Gasteiger partial charge in [-0.1, -0.05) is 11.6 Å². The van der Waals surface area contributed by atoms with Crippen molar-refractivity contribution in [3.63, 3.8) is 0 Å². The molecule has 11 heavy (non-hydrogen) atoms. The van der Waals surface area contributed by atoms with Gasteiger partial charge in [0.1, 0.15) is 11.5 Å². The highest BCUT2D eigenvalue weighted by atomic mass is 35.5. The van der Waals surface area contributed by atoms with Gasteiger partial charge in [-0.05, 0) is 19.1 Å². The average molecular weight is 173 g/mol. The van der Waals surface area contributed by atoms with Crippen molar-refractivity contribution >= 4 is 11.6 Å². The van der Waals surface area contributed by atoms with E-state index in [0.717, 1.165) is 0 Å². The van der Waals surface area contributed by atoms with E-state index in [1.807, 2.05) is 0 Å². The Hall–Kier alpha value is -0.890. The van der Waals surface area contributed by atoms with Crippen LogP contribution in [0.5, 0.6) is 11.5 Å². The number of benzene rings is 1. The number of phenolic OH excluding ortho intramolecular Hbond substituents is 1.